The second kappa shape index (κ2) is 11.7. The summed E-state index contributed by atoms with van der Waals surface area (Å²) in [5.41, 5.74) is 4.72. The van der Waals surface area contributed by atoms with Gasteiger partial charge in [-0.2, -0.15) is 0 Å². The molecule has 0 bridgehead atoms. The first-order valence-corrected chi connectivity index (χ1v) is 12.2. The van der Waals surface area contributed by atoms with E-state index >= 15 is 0 Å². The van der Waals surface area contributed by atoms with Crippen molar-refractivity contribution in [1.82, 2.24) is 14.9 Å². The quantitative estimate of drug-likeness (QED) is 0.319. The van der Waals surface area contributed by atoms with Crippen molar-refractivity contribution in [2.24, 2.45) is 0 Å². The third-order valence-corrected chi connectivity index (χ3v) is 6.07. The van der Waals surface area contributed by atoms with Crippen molar-refractivity contribution in [1.29, 1.82) is 0 Å². The number of rotatable bonds is 11. The Morgan fingerprint density at radius 3 is 2.24 bits per heavy atom. The standard InChI is InChI=1S/C29H33N3O5/c1-19-14-20(2)16-22(15-19)37-13-12-32-24-9-7-6-8-23(24)31-27(32)10-11-30-29(33)21-17-25(34-3)28(36-5)26(18-21)35-4/h6-9,14-18H,10-13H2,1-5H3,(H,30,33). The number of aromatic nitrogens is 2. The molecule has 0 saturated carbocycles. The topological polar surface area (TPSA) is 83.8 Å². The summed E-state index contributed by atoms with van der Waals surface area (Å²) in [4.78, 5) is 17.7. The molecule has 1 N–H and O–H groups in total. The Kier molecular flexibility index (Phi) is 8.18. The van der Waals surface area contributed by atoms with Crippen molar-refractivity contribution in [3.63, 3.8) is 0 Å². The van der Waals surface area contributed by atoms with Crippen molar-refractivity contribution < 1.29 is 23.7 Å². The summed E-state index contributed by atoms with van der Waals surface area (Å²) in [5, 5.41) is 2.98. The van der Waals surface area contributed by atoms with Crippen molar-refractivity contribution in [2.75, 3.05) is 34.5 Å². The minimum Gasteiger partial charge on any atom is -0.493 e. The molecule has 0 saturated heterocycles. The summed E-state index contributed by atoms with van der Waals surface area (Å²) >= 11 is 0. The van der Waals surface area contributed by atoms with Crippen LogP contribution in [0.2, 0.25) is 0 Å². The fourth-order valence-corrected chi connectivity index (χ4v) is 4.44. The molecule has 4 rings (SSSR count). The number of carbonyl (C=O) groups is 1. The number of amides is 1. The zero-order valence-electron chi connectivity index (χ0n) is 22.0. The lowest BCUT2D eigenvalue weighted by Crippen LogP contribution is -2.27. The number of methoxy groups -OCH3 is 3. The number of aryl methyl sites for hydroxylation is 2. The molecule has 0 atom stereocenters. The van der Waals surface area contributed by atoms with Crippen LogP contribution in [0.1, 0.15) is 27.3 Å². The molecule has 0 aliphatic carbocycles. The maximum atomic E-state index is 12.9. The second-order valence-electron chi connectivity index (χ2n) is 8.76. The van der Waals surface area contributed by atoms with Crippen LogP contribution in [-0.4, -0.2) is 49.9 Å². The number of ether oxygens (including phenoxy) is 4. The highest BCUT2D eigenvalue weighted by Crippen LogP contribution is 2.38. The van der Waals surface area contributed by atoms with E-state index < -0.39 is 0 Å². The van der Waals surface area contributed by atoms with E-state index in [1.165, 1.54) is 32.5 Å². The number of hydrogen-bond acceptors (Lipinski definition) is 6. The number of nitrogens with one attached hydrogen (secondary N) is 1. The van der Waals surface area contributed by atoms with Gasteiger partial charge in [-0.1, -0.05) is 18.2 Å². The highest BCUT2D eigenvalue weighted by atomic mass is 16.5. The number of nitrogens with zero attached hydrogens (tertiary/aromatic N) is 2. The zero-order chi connectivity index (χ0) is 26.4. The largest absolute Gasteiger partial charge is 0.493 e. The molecule has 3 aromatic carbocycles. The minimum absolute atomic E-state index is 0.236. The van der Waals surface area contributed by atoms with Crippen LogP contribution in [0.15, 0.2) is 54.6 Å². The molecule has 194 valence electrons. The van der Waals surface area contributed by atoms with Crippen LogP contribution < -0.4 is 24.3 Å². The Morgan fingerprint density at radius 1 is 0.919 bits per heavy atom. The lowest BCUT2D eigenvalue weighted by molar-refractivity contribution is 0.0953. The summed E-state index contributed by atoms with van der Waals surface area (Å²) in [6, 6.07) is 17.5. The van der Waals surface area contributed by atoms with Crippen LogP contribution >= 0.6 is 0 Å². The zero-order valence-corrected chi connectivity index (χ0v) is 22.0. The summed E-state index contributed by atoms with van der Waals surface area (Å²) < 4.78 is 24.3. The molecular weight excluding hydrogens is 470 g/mol. The average molecular weight is 504 g/mol. The predicted octanol–water partition coefficient (Wildman–Crippen LogP) is 4.73. The first-order valence-electron chi connectivity index (χ1n) is 12.2. The molecule has 0 fully saturated rings. The van der Waals surface area contributed by atoms with E-state index in [9.17, 15) is 4.79 Å². The Balaban J connectivity index is 1.45. The van der Waals surface area contributed by atoms with Gasteiger partial charge in [-0.25, -0.2) is 4.98 Å². The number of benzene rings is 3. The molecule has 1 aromatic heterocycles. The van der Waals surface area contributed by atoms with Gasteiger partial charge < -0.3 is 28.8 Å². The summed E-state index contributed by atoms with van der Waals surface area (Å²) in [7, 11) is 4.57. The normalized spacial score (nSPS) is 10.8. The first-order chi connectivity index (χ1) is 17.9. The van der Waals surface area contributed by atoms with E-state index in [1.54, 1.807) is 12.1 Å². The smallest absolute Gasteiger partial charge is 0.251 e. The lowest BCUT2D eigenvalue weighted by atomic mass is 10.1. The maximum Gasteiger partial charge on any atom is 0.251 e. The van der Waals surface area contributed by atoms with Crippen molar-refractivity contribution in [3.8, 4) is 23.0 Å². The Labute approximate surface area is 217 Å². The van der Waals surface area contributed by atoms with Crippen LogP contribution in [0, 0.1) is 13.8 Å². The summed E-state index contributed by atoms with van der Waals surface area (Å²) in [6.45, 7) is 5.69. The van der Waals surface area contributed by atoms with E-state index in [0.717, 1.165) is 22.6 Å². The van der Waals surface area contributed by atoms with E-state index in [0.29, 0.717) is 48.9 Å². The molecule has 37 heavy (non-hydrogen) atoms. The minimum atomic E-state index is -0.236. The van der Waals surface area contributed by atoms with Gasteiger partial charge in [0.2, 0.25) is 5.75 Å². The molecule has 8 heteroatoms. The third kappa shape index (κ3) is 5.97. The van der Waals surface area contributed by atoms with E-state index in [-0.39, 0.29) is 5.91 Å². The van der Waals surface area contributed by atoms with Gasteiger partial charge in [0, 0.05) is 18.5 Å². The monoisotopic (exact) mass is 503 g/mol. The van der Waals surface area contributed by atoms with Crippen molar-refractivity contribution in [3.05, 3.63) is 77.1 Å². The van der Waals surface area contributed by atoms with Gasteiger partial charge in [0.25, 0.3) is 5.91 Å². The molecule has 1 amide bonds. The maximum absolute atomic E-state index is 12.9. The van der Waals surface area contributed by atoms with Crippen LogP contribution in [0.5, 0.6) is 23.0 Å². The molecule has 0 aliphatic heterocycles. The Bertz CT molecular complexity index is 1350. The van der Waals surface area contributed by atoms with Gasteiger partial charge in [0.15, 0.2) is 11.5 Å². The first kappa shape index (κ1) is 25.9. The number of fused-ring (bicyclic) bond motifs is 1. The summed E-state index contributed by atoms with van der Waals surface area (Å²) in [5.74, 6) is 2.81. The fraction of sp³-hybridized carbons (Fsp3) is 0.310. The van der Waals surface area contributed by atoms with Gasteiger partial charge >= 0.3 is 0 Å². The fourth-order valence-electron chi connectivity index (χ4n) is 4.44. The highest BCUT2D eigenvalue weighted by molar-refractivity contribution is 5.95. The van der Waals surface area contributed by atoms with E-state index in [2.05, 4.69) is 35.9 Å². The van der Waals surface area contributed by atoms with Gasteiger partial charge in [-0.3, -0.25) is 4.79 Å². The Morgan fingerprint density at radius 2 is 1.59 bits per heavy atom. The van der Waals surface area contributed by atoms with Gasteiger partial charge in [0.05, 0.1) is 38.9 Å². The van der Waals surface area contributed by atoms with Crippen LogP contribution in [0.25, 0.3) is 11.0 Å². The summed E-state index contributed by atoms with van der Waals surface area (Å²) in [6.07, 6.45) is 0.564. The highest BCUT2D eigenvalue weighted by Gasteiger charge is 2.17. The van der Waals surface area contributed by atoms with Crippen molar-refractivity contribution in [2.45, 2.75) is 26.8 Å². The second-order valence-corrected chi connectivity index (χ2v) is 8.76. The molecule has 0 spiro atoms. The lowest BCUT2D eigenvalue weighted by Gasteiger charge is -2.14. The molecule has 8 nitrogen and oxygen atoms in total. The predicted molar refractivity (Wildman–Crippen MR) is 143 cm³/mol. The van der Waals surface area contributed by atoms with E-state index in [1.807, 2.05) is 30.3 Å². The Hall–Kier alpha value is -4.20. The van der Waals surface area contributed by atoms with Crippen molar-refractivity contribution >= 4 is 16.9 Å². The molecule has 0 radical (unpaired) electrons. The van der Waals surface area contributed by atoms with E-state index in [4.69, 9.17) is 23.9 Å². The molecule has 4 aromatic rings. The number of imidazole rings is 1. The molecular formula is C29H33N3O5. The average Bonchev–Trinajstić information content (AvgIpc) is 3.24. The number of carbonyl (C=O) groups excluding carboxylic acids is 1. The SMILES string of the molecule is COc1cc(C(=O)NCCc2nc3ccccc3n2CCOc2cc(C)cc(C)c2)cc(OC)c1OC. The van der Waals surface area contributed by atoms with Crippen LogP contribution in [0.4, 0.5) is 0 Å². The molecule has 0 unspecified atom stereocenters. The van der Waals surface area contributed by atoms with Gasteiger partial charge in [-0.15, -0.1) is 0 Å². The van der Waals surface area contributed by atoms with Gasteiger partial charge in [0.1, 0.15) is 18.2 Å². The number of para-hydroxylation sites is 2. The van der Waals surface area contributed by atoms with Crippen LogP contribution in [-0.2, 0) is 13.0 Å². The number of hydrogen-bond donors (Lipinski definition) is 1. The van der Waals surface area contributed by atoms with Gasteiger partial charge in [-0.05, 0) is 61.4 Å². The molecule has 0 aliphatic rings. The van der Waals surface area contributed by atoms with Crippen LogP contribution in [0.3, 0.4) is 0 Å². The molecule has 1 heterocycles. The third-order valence-electron chi connectivity index (χ3n) is 6.07.